The molecule has 16 heteroatoms. The van der Waals surface area contributed by atoms with E-state index in [0.29, 0.717) is 11.9 Å². The van der Waals surface area contributed by atoms with Crippen molar-refractivity contribution in [3.63, 3.8) is 0 Å². The van der Waals surface area contributed by atoms with Crippen molar-refractivity contribution < 1.29 is 55.3 Å². The Hall–Kier alpha value is -2.75. The molecule has 0 radical (unpaired) electrons. The van der Waals surface area contributed by atoms with Gasteiger partial charge in [0.1, 0.15) is 0 Å². The molecule has 0 bridgehead atoms. The van der Waals surface area contributed by atoms with Crippen LogP contribution in [0.4, 0.5) is 36.7 Å². The molecule has 9 nitrogen and oxygen atoms in total. The van der Waals surface area contributed by atoms with Crippen LogP contribution >= 0.6 is 0 Å². The van der Waals surface area contributed by atoms with Gasteiger partial charge in [-0.3, -0.25) is 0 Å². The highest BCUT2D eigenvalue weighted by molar-refractivity contribution is 5.73. The number of nitrogens with zero attached hydrogens (tertiary/aromatic N) is 4. The highest BCUT2D eigenvalue weighted by Crippen LogP contribution is 2.44. The van der Waals surface area contributed by atoms with Gasteiger partial charge < -0.3 is 24.7 Å². The topological polar surface area (TPSA) is 116 Å². The summed E-state index contributed by atoms with van der Waals surface area (Å²) in [5, 5.41) is 14.2. The molecule has 2 aliphatic heterocycles. The molecular weight excluding hydrogens is 521 g/mol. The molecule has 3 heterocycles. The molecule has 1 aliphatic carbocycles. The van der Waals surface area contributed by atoms with Crippen LogP contribution in [0.5, 0.6) is 0 Å². The Bertz CT molecular complexity index is 888. The van der Waals surface area contributed by atoms with Gasteiger partial charge in [0.2, 0.25) is 5.95 Å². The first kappa shape index (κ1) is 30.5. The Morgan fingerprint density at radius 3 is 2.00 bits per heavy atom. The molecule has 0 unspecified atom stereocenters. The van der Waals surface area contributed by atoms with Gasteiger partial charge in [-0.15, -0.1) is 0 Å². The van der Waals surface area contributed by atoms with Crippen LogP contribution in [0.15, 0.2) is 12.4 Å². The quantitative estimate of drug-likeness (QED) is 0.536. The number of halogens is 7. The molecule has 3 aliphatic rings. The molecule has 1 aromatic rings. The maximum Gasteiger partial charge on any atom is 0.490 e. The maximum atomic E-state index is 13.0. The van der Waals surface area contributed by atoms with Gasteiger partial charge in [-0.25, -0.2) is 23.9 Å². The summed E-state index contributed by atoms with van der Waals surface area (Å²) in [5.41, 5.74) is 0.260. The van der Waals surface area contributed by atoms with Gasteiger partial charge in [-0.05, 0) is 32.2 Å². The summed E-state index contributed by atoms with van der Waals surface area (Å²) in [4.78, 5) is 30.7. The standard InChI is InChI=1S/C17H25FN4O.2C2HF3O2/c1-21-8-14(10-23-9-13-2-3-13)17(11-21)4-5-22(12-17)16-19-6-15(18)7-20-16;2*3-2(4,5)1(6)7/h6-7,13-14H,2-5,8-12H2,1H3;2*(H,6,7)/t14-,17+;;/m0../s1. The first-order chi connectivity index (χ1) is 17.0. The summed E-state index contributed by atoms with van der Waals surface area (Å²) < 4.78 is 82.5. The average Bonchev–Trinajstić information content (AvgIpc) is 3.42. The fraction of sp³-hybridized carbons (Fsp3) is 0.714. The summed E-state index contributed by atoms with van der Waals surface area (Å²) in [6.07, 6.45) is -3.85. The first-order valence-electron chi connectivity index (χ1n) is 11.1. The van der Waals surface area contributed by atoms with Gasteiger partial charge in [-0.2, -0.15) is 26.3 Å². The van der Waals surface area contributed by atoms with E-state index < -0.39 is 24.3 Å². The van der Waals surface area contributed by atoms with Gasteiger partial charge in [0.05, 0.1) is 19.0 Å². The minimum absolute atomic E-state index is 0.260. The number of carboxylic acid groups (broad SMARTS) is 2. The van der Waals surface area contributed by atoms with Crippen molar-refractivity contribution in [1.29, 1.82) is 0 Å². The van der Waals surface area contributed by atoms with E-state index in [-0.39, 0.29) is 11.2 Å². The Morgan fingerprint density at radius 2 is 1.54 bits per heavy atom. The Balaban J connectivity index is 0.000000286. The van der Waals surface area contributed by atoms with Crippen molar-refractivity contribution in [2.45, 2.75) is 31.6 Å². The zero-order valence-electron chi connectivity index (χ0n) is 19.7. The molecule has 210 valence electrons. The van der Waals surface area contributed by atoms with E-state index in [0.717, 1.165) is 51.7 Å². The summed E-state index contributed by atoms with van der Waals surface area (Å²) in [7, 11) is 2.19. The third-order valence-electron chi connectivity index (χ3n) is 6.11. The smallest absolute Gasteiger partial charge is 0.475 e. The van der Waals surface area contributed by atoms with Crippen molar-refractivity contribution in [2.24, 2.45) is 17.3 Å². The lowest BCUT2D eigenvalue weighted by Crippen LogP contribution is -2.36. The number of aromatic nitrogens is 2. The summed E-state index contributed by atoms with van der Waals surface area (Å²) in [6.45, 7) is 5.88. The lowest BCUT2D eigenvalue weighted by Gasteiger charge is -2.30. The fourth-order valence-electron chi connectivity index (χ4n) is 4.19. The molecule has 2 N–H and O–H groups in total. The molecular formula is C21H27F7N4O5. The van der Waals surface area contributed by atoms with Crippen LogP contribution in [0, 0.1) is 23.1 Å². The molecule has 4 rings (SSSR count). The summed E-state index contributed by atoms with van der Waals surface area (Å²) in [5.74, 6) is -3.86. The van der Waals surface area contributed by atoms with Crippen molar-refractivity contribution >= 4 is 17.9 Å². The molecule has 37 heavy (non-hydrogen) atoms. The van der Waals surface area contributed by atoms with E-state index in [2.05, 4.69) is 26.8 Å². The van der Waals surface area contributed by atoms with Gasteiger partial charge in [0.25, 0.3) is 0 Å². The van der Waals surface area contributed by atoms with Crippen LogP contribution in [0.2, 0.25) is 0 Å². The minimum atomic E-state index is -5.08. The van der Waals surface area contributed by atoms with Crippen molar-refractivity contribution in [3.8, 4) is 0 Å². The lowest BCUT2D eigenvalue weighted by atomic mass is 9.77. The minimum Gasteiger partial charge on any atom is -0.475 e. The Kier molecular flexibility index (Phi) is 10.0. The lowest BCUT2D eigenvalue weighted by molar-refractivity contribution is -0.193. The van der Waals surface area contributed by atoms with Crippen LogP contribution in [-0.4, -0.2) is 95.8 Å². The molecule has 0 amide bonds. The molecule has 1 saturated carbocycles. The van der Waals surface area contributed by atoms with Crippen LogP contribution in [0.1, 0.15) is 19.3 Å². The average molecular weight is 548 g/mol. The zero-order chi connectivity index (χ0) is 28.0. The Labute approximate surface area is 207 Å². The van der Waals surface area contributed by atoms with Crippen LogP contribution in [-0.2, 0) is 14.3 Å². The number of anilines is 1. The second kappa shape index (κ2) is 12.2. The van der Waals surface area contributed by atoms with Crippen LogP contribution < -0.4 is 4.90 Å². The van der Waals surface area contributed by atoms with E-state index in [4.69, 9.17) is 24.5 Å². The monoisotopic (exact) mass is 548 g/mol. The third-order valence-corrected chi connectivity index (χ3v) is 6.11. The van der Waals surface area contributed by atoms with E-state index in [1.165, 1.54) is 25.2 Å². The number of carboxylic acids is 2. The number of rotatable bonds is 5. The van der Waals surface area contributed by atoms with Crippen molar-refractivity contribution in [3.05, 3.63) is 18.2 Å². The summed E-state index contributed by atoms with van der Waals surface area (Å²) >= 11 is 0. The number of hydrogen-bond donors (Lipinski definition) is 2. The predicted octanol–water partition coefficient (Wildman–Crippen LogP) is 3.07. The number of aliphatic carboxylic acids is 2. The molecule has 2 atom stereocenters. The SMILES string of the molecule is CN1C[C@@H](COCC2CC2)[C@]2(CCN(c3ncc(F)cn3)C2)C1.O=C(O)C(F)(F)F.O=C(O)C(F)(F)F. The highest BCUT2D eigenvalue weighted by Gasteiger charge is 2.50. The zero-order valence-corrected chi connectivity index (χ0v) is 19.7. The second-order valence-electron chi connectivity index (χ2n) is 9.22. The fourth-order valence-corrected chi connectivity index (χ4v) is 4.19. The number of carbonyl (C=O) groups is 2. The van der Waals surface area contributed by atoms with Crippen molar-refractivity contribution in [2.75, 3.05) is 51.3 Å². The van der Waals surface area contributed by atoms with E-state index in [9.17, 15) is 30.7 Å². The third kappa shape index (κ3) is 9.57. The first-order valence-corrected chi connectivity index (χ1v) is 11.1. The molecule has 0 aromatic carbocycles. The molecule has 1 spiro atoms. The van der Waals surface area contributed by atoms with Crippen LogP contribution in [0.25, 0.3) is 0 Å². The highest BCUT2D eigenvalue weighted by atomic mass is 19.4. The normalized spacial score (nSPS) is 23.8. The van der Waals surface area contributed by atoms with E-state index in [1.54, 1.807) is 0 Å². The van der Waals surface area contributed by atoms with Crippen LogP contribution in [0.3, 0.4) is 0 Å². The number of alkyl halides is 6. The van der Waals surface area contributed by atoms with Gasteiger partial charge in [-0.1, -0.05) is 0 Å². The van der Waals surface area contributed by atoms with E-state index >= 15 is 0 Å². The Morgan fingerprint density at radius 1 is 1.03 bits per heavy atom. The number of likely N-dealkylation sites (tertiary alicyclic amines) is 1. The molecule has 3 fully saturated rings. The summed E-state index contributed by atoms with van der Waals surface area (Å²) in [6, 6.07) is 0. The van der Waals surface area contributed by atoms with Gasteiger partial charge in [0.15, 0.2) is 5.82 Å². The van der Waals surface area contributed by atoms with Gasteiger partial charge >= 0.3 is 24.3 Å². The number of hydrogen-bond acceptors (Lipinski definition) is 7. The maximum absolute atomic E-state index is 13.0. The van der Waals surface area contributed by atoms with Gasteiger partial charge in [0, 0.05) is 44.1 Å². The molecule has 2 saturated heterocycles. The largest absolute Gasteiger partial charge is 0.490 e. The predicted molar refractivity (Wildman–Crippen MR) is 113 cm³/mol. The van der Waals surface area contributed by atoms with Crippen molar-refractivity contribution in [1.82, 2.24) is 14.9 Å². The second-order valence-corrected chi connectivity index (χ2v) is 9.22. The molecule has 1 aromatic heterocycles. The van der Waals surface area contributed by atoms with E-state index in [1.807, 2.05) is 0 Å². The number of ether oxygens (including phenoxy) is 1.